The van der Waals surface area contributed by atoms with E-state index in [1.807, 2.05) is 12.1 Å². The van der Waals surface area contributed by atoms with E-state index in [1.54, 1.807) is 68.4 Å². The zero-order chi connectivity index (χ0) is 37.3. The molecule has 0 amide bonds. The van der Waals surface area contributed by atoms with E-state index in [9.17, 15) is 34.1 Å². The normalized spacial score (nSPS) is 10.3. The second kappa shape index (κ2) is 19.4. The lowest BCUT2D eigenvalue weighted by molar-refractivity contribution is -0.385. The van der Waals surface area contributed by atoms with Crippen LogP contribution in [0.3, 0.4) is 0 Å². The van der Waals surface area contributed by atoms with E-state index in [4.69, 9.17) is 29.8 Å². The minimum atomic E-state index is -1.57. The molecular formula is C37H36N2O12. The van der Waals surface area contributed by atoms with Gasteiger partial charge >= 0.3 is 29.8 Å². The van der Waals surface area contributed by atoms with Crippen LogP contribution >= 0.6 is 0 Å². The number of nitrogen functional groups attached to an aromatic ring is 1. The molecule has 14 heteroatoms. The number of esters is 4. The SMILES string of the molecule is CCOC(=O)c1cc(C(C(=O)OCc2ccccc2)C(=O)OCc2ccccc2)ccc1[N+](=O)[O-].CCOC(=O)c1cc(CC(=O)O)ccc1N. The number of benzene rings is 4. The Morgan fingerprint density at radius 1 is 0.686 bits per heavy atom. The third kappa shape index (κ3) is 11.8. The van der Waals surface area contributed by atoms with E-state index >= 15 is 0 Å². The summed E-state index contributed by atoms with van der Waals surface area (Å²) in [5.74, 6) is -5.86. The molecule has 4 rings (SSSR count). The minimum absolute atomic E-state index is 0.00905. The van der Waals surface area contributed by atoms with Gasteiger partial charge in [0.2, 0.25) is 0 Å². The number of nitro benzene ring substituents is 1. The summed E-state index contributed by atoms with van der Waals surface area (Å²) in [7, 11) is 0. The molecule has 0 aromatic heterocycles. The monoisotopic (exact) mass is 700 g/mol. The molecule has 14 nitrogen and oxygen atoms in total. The molecule has 0 atom stereocenters. The Hall–Kier alpha value is -6.57. The first-order valence-electron chi connectivity index (χ1n) is 15.6. The molecule has 0 aliphatic rings. The van der Waals surface area contributed by atoms with E-state index in [-0.39, 0.29) is 55.2 Å². The summed E-state index contributed by atoms with van der Waals surface area (Å²) >= 11 is 0. The van der Waals surface area contributed by atoms with Crippen LogP contribution in [0, 0.1) is 10.1 Å². The number of aliphatic carboxylic acids is 1. The van der Waals surface area contributed by atoms with Gasteiger partial charge in [-0.1, -0.05) is 72.8 Å². The number of hydrogen-bond donors (Lipinski definition) is 2. The average molecular weight is 701 g/mol. The van der Waals surface area contributed by atoms with Gasteiger partial charge in [-0.25, -0.2) is 9.59 Å². The number of carbonyl (C=O) groups is 5. The number of hydrogen-bond acceptors (Lipinski definition) is 12. The molecule has 4 aromatic carbocycles. The van der Waals surface area contributed by atoms with Crippen LogP contribution in [0.15, 0.2) is 97.1 Å². The molecule has 0 aliphatic heterocycles. The maximum Gasteiger partial charge on any atom is 0.345 e. The number of carboxylic acids is 1. The van der Waals surface area contributed by atoms with E-state index in [0.717, 1.165) is 12.1 Å². The predicted octanol–water partition coefficient (Wildman–Crippen LogP) is 5.41. The summed E-state index contributed by atoms with van der Waals surface area (Å²) in [5.41, 5.74) is 7.13. The van der Waals surface area contributed by atoms with Gasteiger partial charge in [0, 0.05) is 11.8 Å². The minimum Gasteiger partial charge on any atom is -0.481 e. The van der Waals surface area contributed by atoms with Gasteiger partial charge in [-0.2, -0.15) is 0 Å². The summed E-state index contributed by atoms with van der Waals surface area (Å²) in [6.45, 7) is 3.29. The largest absolute Gasteiger partial charge is 0.481 e. The van der Waals surface area contributed by atoms with Crippen molar-refractivity contribution in [3.05, 3.63) is 141 Å². The van der Waals surface area contributed by atoms with Crippen molar-refractivity contribution in [1.29, 1.82) is 0 Å². The number of nitro groups is 1. The molecule has 4 aromatic rings. The highest BCUT2D eigenvalue weighted by Crippen LogP contribution is 2.28. The van der Waals surface area contributed by atoms with Gasteiger partial charge in [0.25, 0.3) is 5.69 Å². The van der Waals surface area contributed by atoms with Crippen LogP contribution in [0.25, 0.3) is 0 Å². The van der Waals surface area contributed by atoms with Gasteiger partial charge in [0.1, 0.15) is 18.8 Å². The number of nitrogens with two attached hydrogens (primary N) is 1. The molecule has 51 heavy (non-hydrogen) atoms. The molecule has 266 valence electrons. The second-order valence-corrected chi connectivity index (χ2v) is 10.6. The third-order valence-electron chi connectivity index (χ3n) is 6.93. The fraction of sp³-hybridized carbons (Fsp3) is 0.216. The van der Waals surface area contributed by atoms with Crippen molar-refractivity contribution >= 4 is 41.2 Å². The Kier molecular flexibility index (Phi) is 14.8. The molecule has 0 fully saturated rings. The molecular weight excluding hydrogens is 664 g/mol. The summed E-state index contributed by atoms with van der Waals surface area (Å²) < 4.78 is 20.4. The van der Waals surface area contributed by atoms with Crippen LogP contribution in [-0.2, 0) is 53.0 Å². The van der Waals surface area contributed by atoms with Crippen molar-refractivity contribution in [2.45, 2.75) is 39.4 Å². The van der Waals surface area contributed by atoms with Crippen molar-refractivity contribution in [2.24, 2.45) is 0 Å². The number of ether oxygens (including phenoxy) is 4. The highest BCUT2D eigenvalue weighted by molar-refractivity contribution is 6.02. The Labute approximate surface area is 292 Å². The quantitative estimate of drug-likeness (QED) is 0.0421. The van der Waals surface area contributed by atoms with E-state index in [2.05, 4.69) is 0 Å². The predicted molar refractivity (Wildman–Crippen MR) is 182 cm³/mol. The topological polar surface area (TPSA) is 212 Å². The number of rotatable bonds is 14. The average Bonchev–Trinajstić information content (AvgIpc) is 3.11. The van der Waals surface area contributed by atoms with Crippen LogP contribution in [0.5, 0.6) is 0 Å². The fourth-order valence-electron chi connectivity index (χ4n) is 4.53. The lowest BCUT2D eigenvalue weighted by Crippen LogP contribution is -2.26. The van der Waals surface area contributed by atoms with Crippen molar-refractivity contribution in [1.82, 2.24) is 0 Å². The highest BCUT2D eigenvalue weighted by atomic mass is 16.6. The number of carbonyl (C=O) groups excluding carboxylic acids is 4. The first-order chi connectivity index (χ1) is 24.4. The van der Waals surface area contributed by atoms with Crippen LogP contribution in [0.2, 0.25) is 0 Å². The smallest absolute Gasteiger partial charge is 0.345 e. The van der Waals surface area contributed by atoms with Crippen molar-refractivity contribution in [3.8, 4) is 0 Å². The molecule has 0 saturated heterocycles. The summed E-state index contributed by atoms with van der Waals surface area (Å²) in [5, 5.41) is 20.0. The molecule has 3 N–H and O–H groups in total. The maximum absolute atomic E-state index is 13.0. The van der Waals surface area contributed by atoms with Gasteiger partial charge in [-0.3, -0.25) is 24.5 Å². The van der Waals surface area contributed by atoms with Crippen LogP contribution < -0.4 is 5.73 Å². The molecule has 0 spiro atoms. The van der Waals surface area contributed by atoms with Crippen LogP contribution in [0.1, 0.15) is 62.7 Å². The van der Waals surface area contributed by atoms with Crippen LogP contribution in [0.4, 0.5) is 11.4 Å². The van der Waals surface area contributed by atoms with E-state index in [0.29, 0.717) is 16.7 Å². The van der Waals surface area contributed by atoms with Gasteiger partial charge in [-0.05, 0) is 54.3 Å². The second-order valence-electron chi connectivity index (χ2n) is 10.6. The summed E-state index contributed by atoms with van der Waals surface area (Å²) in [4.78, 5) is 71.0. The van der Waals surface area contributed by atoms with E-state index in [1.165, 1.54) is 18.2 Å². The highest BCUT2D eigenvalue weighted by Gasteiger charge is 2.34. The standard InChI is InChI=1S/C26H23NO8.C11H13NO4/c1-2-33-24(28)21-15-20(13-14-22(21)27(31)32)23(25(29)34-16-18-9-5-3-6-10-18)26(30)35-17-19-11-7-4-8-12-19;1-2-16-11(15)8-5-7(6-10(13)14)3-4-9(8)12/h3-15,23H,2,16-17H2,1H3;3-5H,2,6,12H2,1H3,(H,13,14). The molecule has 0 radical (unpaired) electrons. The van der Waals surface area contributed by atoms with Crippen molar-refractivity contribution < 1.29 is 52.9 Å². The van der Waals surface area contributed by atoms with Gasteiger partial charge < -0.3 is 29.8 Å². The number of carboxylic acid groups (broad SMARTS) is 1. The Bertz CT molecular complexity index is 1790. The van der Waals surface area contributed by atoms with Crippen LogP contribution in [-0.4, -0.2) is 53.1 Å². The number of nitrogens with zero attached hydrogens (tertiary/aromatic N) is 1. The summed E-state index contributed by atoms with van der Waals surface area (Å²) in [6.07, 6.45) is -0.146. The van der Waals surface area contributed by atoms with Crippen molar-refractivity contribution in [2.75, 3.05) is 18.9 Å². The molecule has 0 unspecified atom stereocenters. The zero-order valence-corrected chi connectivity index (χ0v) is 27.8. The third-order valence-corrected chi connectivity index (χ3v) is 6.93. The van der Waals surface area contributed by atoms with Crippen molar-refractivity contribution in [3.63, 3.8) is 0 Å². The Balaban J connectivity index is 0.000000367. The Morgan fingerprint density at radius 2 is 1.20 bits per heavy atom. The first-order valence-corrected chi connectivity index (χ1v) is 15.6. The van der Waals surface area contributed by atoms with Gasteiger partial charge in [0.05, 0.1) is 30.1 Å². The molecule has 0 saturated carbocycles. The Morgan fingerprint density at radius 3 is 1.67 bits per heavy atom. The van der Waals surface area contributed by atoms with E-state index < -0.39 is 46.4 Å². The zero-order valence-electron chi connectivity index (χ0n) is 27.8. The van der Waals surface area contributed by atoms with Gasteiger partial charge in [-0.15, -0.1) is 0 Å². The molecule has 0 heterocycles. The first kappa shape index (κ1) is 38.9. The molecule has 0 bridgehead atoms. The lowest BCUT2D eigenvalue weighted by Gasteiger charge is -2.17. The number of anilines is 1. The molecule has 0 aliphatic carbocycles. The lowest BCUT2D eigenvalue weighted by atomic mass is 9.96. The maximum atomic E-state index is 13.0. The summed E-state index contributed by atoms with van der Waals surface area (Å²) in [6, 6.07) is 25.6. The fourth-order valence-corrected chi connectivity index (χ4v) is 4.53. The van der Waals surface area contributed by atoms with Gasteiger partial charge in [0.15, 0.2) is 5.92 Å².